The number of anilines is 1. The summed E-state index contributed by atoms with van der Waals surface area (Å²) in [5.41, 5.74) is 2.97. The molecule has 0 unspecified atom stereocenters. The van der Waals surface area contributed by atoms with Crippen LogP contribution in [0.1, 0.15) is 39.2 Å². The summed E-state index contributed by atoms with van der Waals surface area (Å²) in [5, 5.41) is 6.46. The van der Waals surface area contributed by atoms with E-state index in [1.165, 1.54) is 24.1 Å². The summed E-state index contributed by atoms with van der Waals surface area (Å²) in [6, 6.07) is 14.5. The number of benzene rings is 2. The van der Waals surface area contributed by atoms with Crippen LogP contribution in [0, 0.1) is 0 Å². The zero-order chi connectivity index (χ0) is 26.4. The number of carbonyl (C=O) groups excluding carboxylic acids is 2. The number of thiazole rings is 1. The number of nitrogens with one attached hydrogen (secondary N) is 3. The zero-order valence-corrected chi connectivity index (χ0v) is 21.8. The van der Waals surface area contributed by atoms with Gasteiger partial charge in [-0.05, 0) is 48.9 Å². The molecule has 0 fully saturated rings. The minimum Gasteiger partial charge on any atom is -0.453 e. The number of rotatable bonds is 10. The molecule has 1 aliphatic rings. The second-order valence-corrected chi connectivity index (χ2v) is 11.0. The van der Waals surface area contributed by atoms with Crippen molar-refractivity contribution in [3.05, 3.63) is 81.3 Å². The molecule has 1 heterocycles. The van der Waals surface area contributed by atoms with Crippen molar-refractivity contribution in [3.8, 4) is 0 Å². The fourth-order valence-electron chi connectivity index (χ4n) is 4.19. The molecule has 2 aromatic carbocycles. The maximum atomic E-state index is 13.5. The molecule has 37 heavy (non-hydrogen) atoms. The number of amides is 2. The lowest BCUT2D eigenvalue weighted by Crippen LogP contribution is -2.49. The van der Waals surface area contributed by atoms with Crippen LogP contribution in [0.25, 0.3) is 0 Å². The Morgan fingerprint density at radius 2 is 1.73 bits per heavy atom. The Labute approximate surface area is 219 Å². The number of hydrogen-bond donors (Lipinski definition) is 4. The first-order valence-corrected chi connectivity index (χ1v) is 14.0. The first-order chi connectivity index (χ1) is 17.7. The molecule has 1 aromatic heterocycles. The van der Waals surface area contributed by atoms with E-state index in [0.717, 1.165) is 41.1 Å². The Bertz CT molecular complexity index is 1320. The molecule has 1 aliphatic carbocycles. The van der Waals surface area contributed by atoms with Gasteiger partial charge in [0.05, 0.1) is 24.5 Å². The number of aromatic nitrogens is 1. The first kappa shape index (κ1) is 26.6. The third kappa shape index (κ3) is 7.51. The minimum absolute atomic E-state index is 0.213. The van der Waals surface area contributed by atoms with Crippen LogP contribution in [0.5, 0.6) is 0 Å². The number of hydrogen-bond acceptors (Lipinski definition) is 7. The van der Waals surface area contributed by atoms with Gasteiger partial charge in [-0.25, -0.2) is 9.78 Å². The highest BCUT2D eigenvalue weighted by molar-refractivity contribution is 7.87. The van der Waals surface area contributed by atoms with Gasteiger partial charge < -0.3 is 15.4 Å². The summed E-state index contributed by atoms with van der Waals surface area (Å²) < 4.78 is 37.9. The van der Waals surface area contributed by atoms with Gasteiger partial charge >= 0.3 is 16.4 Å². The lowest BCUT2D eigenvalue weighted by molar-refractivity contribution is -0.123. The number of nitrogens with zero attached hydrogens (tertiary/aromatic N) is 1. The topological polar surface area (TPSA) is 147 Å². The SMILES string of the molecule is COC(=O)N[C@@H](Cc1ccccc1)C(=O)N[C@@H](Cc1ccc(NS(=O)(=O)O)cc1)c1nc2c(s1)CCC2. The Balaban J connectivity index is 1.56. The van der Waals surface area contributed by atoms with Crippen molar-refractivity contribution in [3.63, 3.8) is 0 Å². The number of carbonyl (C=O) groups is 2. The van der Waals surface area contributed by atoms with Crippen LogP contribution in [-0.4, -0.2) is 43.1 Å². The minimum atomic E-state index is -4.38. The summed E-state index contributed by atoms with van der Waals surface area (Å²) in [5.74, 6) is -0.376. The molecular weight excluding hydrogens is 516 g/mol. The van der Waals surface area contributed by atoms with Crippen LogP contribution >= 0.6 is 11.3 Å². The highest BCUT2D eigenvalue weighted by Crippen LogP contribution is 2.32. The Morgan fingerprint density at radius 1 is 1.03 bits per heavy atom. The average molecular weight is 545 g/mol. The van der Waals surface area contributed by atoms with E-state index >= 15 is 0 Å². The van der Waals surface area contributed by atoms with Crippen molar-refractivity contribution in [2.24, 2.45) is 0 Å². The van der Waals surface area contributed by atoms with Gasteiger partial charge in [0.2, 0.25) is 5.91 Å². The van der Waals surface area contributed by atoms with Crippen LogP contribution in [0.2, 0.25) is 0 Å². The number of aryl methyl sites for hydroxylation is 2. The van der Waals surface area contributed by atoms with Gasteiger partial charge in [-0.15, -0.1) is 11.3 Å². The molecule has 4 rings (SSSR count). The van der Waals surface area contributed by atoms with Crippen molar-refractivity contribution in [2.45, 2.75) is 44.2 Å². The highest BCUT2D eigenvalue weighted by atomic mass is 32.2. The molecule has 3 aromatic rings. The normalized spacial score (nSPS) is 14.3. The van der Waals surface area contributed by atoms with Crippen molar-refractivity contribution < 1.29 is 27.3 Å². The van der Waals surface area contributed by atoms with Crippen LogP contribution in [-0.2, 0) is 45.5 Å². The molecule has 12 heteroatoms. The van der Waals surface area contributed by atoms with Gasteiger partial charge in [0.15, 0.2) is 0 Å². The van der Waals surface area contributed by atoms with E-state index in [9.17, 15) is 18.0 Å². The van der Waals surface area contributed by atoms with Crippen LogP contribution in [0.15, 0.2) is 54.6 Å². The molecule has 0 aliphatic heterocycles. The highest BCUT2D eigenvalue weighted by Gasteiger charge is 2.28. The maximum absolute atomic E-state index is 13.5. The van der Waals surface area contributed by atoms with Gasteiger partial charge in [-0.1, -0.05) is 42.5 Å². The summed E-state index contributed by atoms with van der Waals surface area (Å²) >= 11 is 1.57. The van der Waals surface area contributed by atoms with Crippen molar-refractivity contribution in [1.29, 1.82) is 0 Å². The van der Waals surface area contributed by atoms with E-state index in [4.69, 9.17) is 14.3 Å². The number of fused-ring (bicyclic) bond motifs is 1. The van der Waals surface area contributed by atoms with E-state index in [1.54, 1.807) is 23.5 Å². The number of methoxy groups -OCH3 is 1. The lowest BCUT2D eigenvalue weighted by Gasteiger charge is -2.22. The molecule has 0 saturated heterocycles. The van der Waals surface area contributed by atoms with E-state index in [0.29, 0.717) is 6.42 Å². The molecule has 10 nitrogen and oxygen atoms in total. The standard InChI is InChI=1S/C25H28N4O6S2/c1-35-25(31)28-20(14-16-6-3-2-4-7-16)23(30)26-21(24-27-19-8-5-9-22(19)36-24)15-17-10-12-18(13-11-17)29-37(32,33)34/h2-4,6-7,10-13,20-21,29H,5,8-9,14-15H2,1H3,(H,26,30)(H,28,31)(H,32,33,34)/t20-,21-/m0/s1. The first-order valence-electron chi connectivity index (χ1n) is 11.7. The molecule has 196 valence electrons. The smallest absolute Gasteiger partial charge is 0.407 e. The third-order valence-corrected chi connectivity index (χ3v) is 7.71. The summed E-state index contributed by atoms with van der Waals surface area (Å²) in [6.45, 7) is 0. The van der Waals surface area contributed by atoms with Crippen LogP contribution in [0.3, 0.4) is 0 Å². The summed E-state index contributed by atoms with van der Waals surface area (Å²) in [7, 11) is -3.13. The molecule has 2 atom stereocenters. The molecule has 0 spiro atoms. The van der Waals surface area contributed by atoms with Crippen molar-refractivity contribution in [2.75, 3.05) is 11.8 Å². The Morgan fingerprint density at radius 3 is 2.38 bits per heavy atom. The average Bonchev–Trinajstić information content (AvgIpc) is 3.47. The third-order valence-electron chi connectivity index (χ3n) is 5.94. The van der Waals surface area contributed by atoms with E-state index in [-0.39, 0.29) is 18.0 Å². The Kier molecular flexibility index (Phi) is 8.41. The fourth-order valence-corrected chi connectivity index (χ4v) is 5.82. The van der Waals surface area contributed by atoms with Crippen molar-refractivity contribution in [1.82, 2.24) is 15.6 Å². The maximum Gasteiger partial charge on any atom is 0.407 e. The fraction of sp³-hybridized carbons (Fsp3) is 0.320. The molecule has 0 radical (unpaired) electrons. The van der Waals surface area contributed by atoms with E-state index < -0.39 is 28.5 Å². The van der Waals surface area contributed by atoms with Gasteiger partial charge in [0.1, 0.15) is 11.0 Å². The molecule has 4 N–H and O–H groups in total. The van der Waals surface area contributed by atoms with Crippen molar-refractivity contribution >= 4 is 39.3 Å². The summed E-state index contributed by atoms with van der Waals surface area (Å²) in [6.07, 6.45) is 2.89. The zero-order valence-electron chi connectivity index (χ0n) is 20.1. The number of alkyl carbamates (subject to hydrolysis) is 1. The monoisotopic (exact) mass is 544 g/mol. The predicted molar refractivity (Wildman–Crippen MR) is 140 cm³/mol. The molecule has 2 amide bonds. The van der Waals surface area contributed by atoms with Gasteiger partial charge in [0.25, 0.3) is 0 Å². The molecular formula is C25H28N4O6S2. The Hall–Kier alpha value is -3.48. The quantitative estimate of drug-likeness (QED) is 0.287. The largest absolute Gasteiger partial charge is 0.453 e. The lowest BCUT2D eigenvalue weighted by atomic mass is 10.0. The van der Waals surface area contributed by atoms with Crippen LogP contribution in [0.4, 0.5) is 10.5 Å². The second kappa shape index (κ2) is 11.7. The number of ether oxygens (including phenoxy) is 1. The van der Waals surface area contributed by atoms with Crippen LogP contribution < -0.4 is 15.4 Å². The van der Waals surface area contributed by atoms with Gasteiger partial charge in [-0.3, -0.25) is 14.1 Å². The van der Waals surface area contributed by atoms with E-state index in [2.05, 4.69) is 10.6 Å². The second-order valence-electron chi connectivity index (χ2n) is 8.69. The van der Waals surface area contributed by atoms with E-state index in [1.807, 2.05) is 35.1 Å². The predicted octanol–water partition coefficient (Wildman–Crippen LogP) is 3.21. The molecule has 0 bridgehead atoms. The molecule has 0 saturated carbocycles. The van der Waals surface area contributed by atoms with Gasteiger partial charge in [-0.2, -0.15) is 8.42 Å². The van der Waals surface area contributed by atoms with Gasteiger partial charge in [0, 0.05) is 11.3 Å². The summed E-state index contributed by atoms with van der Waals surface area (Å²) in [4.78, 5) is 31.5.